The summed E-state index contributed by atoms with van der Waals surface area (Å²) < 4.78 is 1.05. The number of carbonyl (C=O) groups is 2. The molecule has 2 heterocycles. The molecule has 0 bridgehead atoms. The predicted octanol–water partition coefficient (Wildman–Crippen LogP) is 1.66. The van der Waals surface area contributed by atoms with Crippen molar-refractivity contribution in [3.8, 4) is 0 Å². The third kappa shape index (κ3) is 3.72. The molecule has 7 heteroatoms. The number of amides is 2. The highest BCUT2D eigenvalue weighted by Crippen LogP contribution is 2.20. The normalized spacial score (nSPS) is 15.4. The van der Waals surface area contributed by atoms with Crippen LogP contribution in [0.1, 0.15) is 5.56 Å². The third-order valence-electron chi connectivity index (χ3n) is 2.27. The molecule has 0 atom stereocenters. The molecule has 1 N–H and O–H groups in total. The minimum absolute atomic E-state index is 0.0448. The van der Waals surface area contributed by atoms with Crippen LogP contribution in [0.4, 0.5) is 0 Å². The Labute approximate surface area is 116 Å². The minimum atomic E-state index is -0.108. The maximum absolute atomic E-state index is 11.6. The highest BCUT2D eigenvalue weighted by atomic mass is 79.9. The van der Waals surface area contributed by atoms with Crippen LogP contribution in [-0.4, -0.2) is 34.9 Å². The van der Waals surface area contributed by atoms with E-state index in [2.05, 4.69) is 21.2 Å². The first-order valence-electron chi connectivity index (χ1n) is 5.00. The summed E-state index contributed by atoms with van der Waals surface area (Å²) >= 11 is 6.50. The average molecular weight is 335 g/mol. The van der Waals surface area contributed by atoms with Gasteiger partial charge >= 0.3 is 0 Å². The fraction of sp³-hybridized carbons (Fsp3) is 0.400. The maximum atomic E-state index is 11.6. The van der Waals surface area contributed by atoms with Crippen LogP contribution in [0.2, 0.25) is 0 Å². The molecule has 1 aromatic rings. The van der Waals surface area contributed by atoms with Gasteiger partial charge in [-0.3, -0.25) is 9.59 Å². The molecule has 1 aliphatic heterocycles. The van der Waals surface area contributed by atoms with Crippen molar-refractivity contribution in [1.82, 2.24) is 10.2 Å². The molecule has 0 unspecified atom stereocenters. The van der Waals surface area contributed by atoms with Crippen molar-refractivity contribution in [3.63, 3.8) is 0 Å². The zero-order chi connectivity index (χ0) is 12.3. The second kappa shape index (κ2) is 5.88. The molecule has 1 fully saturated rings. The molecule has 4 nitrogen and oxygen atoms in total. The lowest BCUT2D eigenvalue weighted by atomic mass is 10.3. The fourth-order valence-electron chi connectivity index (χ4n) is 1.41. The van der Waals surface area contributed by atoms with Gasteiger partial charge in [0.1, 0.15) is 6.54 Å². The minimum Gasteiger partial charge on any atom is -0.350 e. The maximum Gasteiger partial charge on any atom is 0.239 e. The van der Waals surface area contributed by atoms with E-state index in [9.17, 15) is 9.59 Å². The van der Waals surface area contributed by atoms with E-state index in [0.717, 1.165) is 9.35 Å². The van der Waals surface area contributed by atoms with Gasteiger partial charge in [0.25, 0.3) is 0 Å². The Hall–Kier alpha value is -0.530. The fourth-order valence-corrected chi connectivity index (χ4v) is 3.52. The molecule has 0 aromatic carbocycles. The first-order valence-corrected chi connectivity index (χ1v) is 7.83. The third-order valence-corrected chi connectivity index (χ3v) is 4.77. The number of rotatable bonds is 4. The topological polar surface area (TPSA) is 49.4 Å². The number of hydrogen-bond acceptors (Lipinski definition) is 4. The van der Waals surface area contributed by atoms with E-state index in [1.54, 1.807) is 28.0 Å². The van der Waals surface area contributed by atoms with Crippen molar-refractivity contribution in [2.45, 2.75) is 6.54 Å². The Balaban J connectivity index is 1.76. The molecule has 92 valence electrons. The van der Waals surface area contributed by atoms with Crippen LogP contribution in [0.15, 0.2) is 15.2 Å². The van der Waals surface area contributed by atoms with Crippen molar-refractivity contribution in [2.75, 3.05) is 18.2 Å². The molecule has 1 aliphatic rings. The predicted molar refractivity (Wildman–Crippen MR) is 72.9 cm³/mol. The van der Waals surface area contributed by atoms with Crippen LogP contribution in [0.5, 0.6) is 0 Å². The Kier molecular flexibility index (Phi) is 4.47. The van der Waals surface area contributed by atoms with Gasteiger partial charge in [-0.05, 0) is 32.9 Å². The van der Waals surface area contributed by atoms with Gasteiger partial charge in [0.05, 0.1) is 15.4 Å². The number of thiophene rings is 1. The van der Waals surface area contributed by atoms with E-state index in [0.29, 0.717) is 18.2 Å². The average Bonchev–Trinajstić information content (AvgIpc) is 2.86. The molecule has 1 saturated heterocycles. The molecule has 1 aromatic heterocycles. The van der Waals surface area contributed by atoms with Crippen LogP contribution in [0.3, 0.4) is 0 Å². The summed E-state index contributed by atoms with van der Waals surface area (Å²) in [5.41, 5.74) is 1.07. The molecular weight excluding hydrogens is 324 g/mol. The van der Waals surface area contributed by atoms with Crippen molar-refractivity contribution >= 4 is 50.8 Å². The van der Waals surface area contributed by atoms with Gasteiger partial charge in [-0.15, -0.1) is 23.1 Å². The molecule has 0 saturated carbocycles. The Bertz CT molecular complexity index is 436. The molecule has 2 rings (SSSR count). The summed E-state index contributed by atoms with van der Waals surface area (Å²) in [7, 11) is 0. The number of nitrogens with one attached hydrogen (secondary N) is 1. The van der Waals surface area contributed by atoms with E-state index in [1.807, 2.05) is 11.4 Å². The van der Waals surface area contributed by atoms with Gasteiger partial charge in [-0.2, -0.15) is 0 Å². The Morgan fingerprint density at radius 1 is 1.59 bits per heavy atom. The number of thioether (sulfide) groups is 1. The molecule has 17 heavy (non-hydrogen) atoms. The second-order valence-electron chi connectivity index (χ2n) is 3.61. The quantitative estimate of drug-likeness (QED) is 0.910. The van der Waals surface area contributed by atoms with Gasteiger partial charge in [0.2, 0.25) is 11.8 Å². The summed E-state index contributed by atoms with van der Waals surface area (Å²) in [4.78, 5) is 24.5. The summed E-state index contributed by atoms with van der Waals surface area (Å²) in [5, 5.41) is 4.79. The summed E-state index contributed by atoms with van der Waals surface area (Å²) in [5.74, 6) is 1.05. The zero-order valence-corrected chi connectivity index (χ0v) is 12.2. The number of carbonyl (C=O) groups excluding carboxylic acids is 2. The highest BCUT2D eigenvalue weighted by Gasteiger charge is 2.22. The Morgan fingerprint density at radius 2 is 2.41 bits per heavy atom. The molecule has 2 amide bonds. The second-order valence-corrected chi connectivity index (χ2v) is 6.85. The summed E-state index contributed by atoms with van der Waals surface area (Å²) in [6.07, 6.45) is 0. The standard InChI is InChI=1S/C10H11BrN2O2S2/c11-8-1-7(4-17-8)2-12-9(14)3-13-6-16-5-10(13)15/h1,4H,2-3,5-6H2,(H,12,14). The van der Waals surface area contributed by atoms with E-state index >= 15 is 0 Å². The monoisotopic (exact) mass is 334 g/mol. The van der Waals surface area contributed by atoms with Crippen molar-refractivity contribution < 1.29 is 9.59 Å². The first kappa shape index (κ1) is 12.9. The number of halogens is 1. The van der Waals surface area contributed by atoms with E-state index in [4.69, 9.17) is 0 Å². The van der Waals surface area contributed by atoms with Gasteiger partial charge in [-0.1, -0.05) is 0 Å². The van der Waals surface area contributed by atoms with Crippen molar-refractivity contribution in [2.24, 2.45) is 0 Å². The molecule has 0 radical (unpaired) electrons. The van der Waals surface area contributed by atoms with E-state index < -0.39 is 0 Å². The molecule has 0 spiro atoms. The van der Waals surface area contributed by atoms with Crippen LogP contribution < -0.4 is 5.32 Å². The van der Waals surface area contributed by atoms with E-state index in [1.165, 1.54) is 0 Å². The zero-order valence-electron chi connectivity index (χ0n) is 8.94. The van der Waals surface area contributed by atoms with Crippen LogP contribution in [-0.2, 0) is 16.1 Å². The van der Waals surface area contributed by atoms with Gasteiger partial charge < -0.3 is 10.2 Å². The molecular formula is C10H11BrN2O2S2. The lowest BCUT2D eigenvalue weighted by Crippen LogP contribution is -2.37. The van der Waals surface area contributed by atoms with E-state index in [-0.39, 0.29) is 18.4 Å². The Morgan fingerprint density at radius 3 is 3.00 bits per heavy atom. The van der Waals surface area contributed by atoms with Crippen LogP contribution in [0, 0.1) is 0 Å². The SMILES string of the molecule is O=C(CN1CSCC1=O)NCc1csc(Br)c1. The van der Waals surface area contributed by atoms with Crippen molar-refractivity contribution in [3.05, 3.63) is 20.8 Å². The van der Waals surface area contributed by atoms with Gasteiger partial charge in [0, 0.05) is 6.54 Å². The van der Waals surface area contributed by atoms with Crippen molar-refractivity contribution in [1.29, 1.82) is 0 Å². The largest absolute Gasteiger partial charge is 0.350 e. The van der Waals surface area contributed by atoms with Crippen LogP contribution >= 0.6 is 39.0 Å². The summed E-state index contributed by atoms with van der Waals surface area (Å²) in [6, 6.07) is 1.97. The molecule has 0 aliphatic carbocycles. The van der Waals surface area contributed by atoms with Gasteiger partial charge in [-0.25, -0.2) is 0 Å². The highest BCUT2D eigenvalue weighted by molar-refractivity contribution is 9.11. The van der Waals surface area contributed by atoms with Gasteiger partial charge in [0.15, 0.2) is 0 Å². The smallest absolute Gasteiger partial charge is 0.239 e. The summed E-state index contributed by atoms with van der Waals surface area (Å²) in [6.45, 7) is 0.674. The lowest BCUT2D eigenvalue weighted by molar-refractivity contribution is -0.132. The number of nitrogens with zero attached hydrogens (tertiary/aromatic N) is 1. The first-order chi connectivity index (χ1) is 8.15. The number of hydrogen-bond donors (Lipinski definition) is 1. The van der Waals surface area contributed by atoms with Crippen LogP contribution in [0.25, 0.3) is 0 Å². The lowest BCUT2D eigenvalue weighted by Gasteiger charge is -2.13.